The molecule has 2 aromatic carbocycles. The van der Waals surface area contributed by atoms with Gasteiger partial charge in [-0.25, -0.2) is 4.98 Å². The largest absolute Gasteiger partial charge is 0.326 e. The summed E-state index contributed by atoms with van der Waals surface area (Å²) in [7, 11) is 0. The maximum Gasteiger partial charge on any atom is 0.224 e. The Bertz CT molecular complexity index is 948. The van der Waals surface area contributed by atoms with E-state index in [1.807, 2.05) is 19.1 Å². The van der Waals surface area contributed by atoms with Crippen LogP contribution in [0.15, 0.2) is 48.5 Å². The molecule has 0 spiro atoms. The van der Waals surface area contributed by atoms with Crippen LogP contribution >= 0.6 is 0 Å². The summed E-state index contributed by atoms with van der Waals surface area (Å²) < 4.78 is 2.31. The first-order valence-electron chi connectivity index (χ1n) is 9.73. The highest BCUT2D eigenvalue weighted by atomic mass is 16.1. The van der Waals surface area contributed by atoms with E-state index in [2.05, 4.69) is 58.1 Å². The molecule has 0 aliphatic carbocycles. The van der Waals surface area contributed by atoms with Crippen molar-refractivity contribution in [3.63, 3.8) is 0 Å². The van der Waals surface area contributed by atoms with E-state index in [1.54, 1.807) is 0 Å². The van der Waals surface area contributed by atoms with Crippen LogP contribution in [-0.4, -0.2) is 26.9 Å². The second-order valence-electron chi connectivity index (χ2n) is 7.24. The summed E-state index contributed by atoms with van der Waals surface area (Å²) in [6.07, 6.45) is 1.40. The lowest BCUT2D eigenvalue weighted by molar-refractivity contribution is -0.116. The van der Waals surface area contributed by atoms with Crippen LogP contribution in [0.5, 0.6) is 0 Å². The number of aromatic nitrogens is 2. The van der Waals surface area contributed by atoms with E-state index < -0.39 is 0 Å². The van der Waals surface area contributed by atoms with Crippen molar-refractivity contribution in [1.82, 2.24) is 14.5 Å². The van der Waals surface area contributed by atoms with Gasteiger partial charge in [-0.1, -0.05) is 37.3 Å². The molecule has 5 heteroatoms. The first-order chi connectivity index (χ1) is 13.2. The van der Waals surface area contributed by atoms with Crippen LogP contribution in [0, 0.1) is 0 Å². The number of rotatable bonds is 5. The molecule has 0 saturated heterocycles. The minimum absolute atomic E-state index is 0.0590. The van der Waals surface area contributed by atoms with Gasteiger partial charge in [0.2, 0.25) is 5.91 Å². The molecule has 140 valence electrons. The molecular formula is C22H26N4O. The van der Waals surface area contributed by atoms with Crippen molar-refractivity contribution in [3.8, 4) is 0 Å². The number of nitrogens with zero attached hydrogens (tertiary/aromatic N) is 3. The molecule has 0 fully saturated rings. The molecule has 1 aliphatic heterocycles. The van der Waals surface area contributed by atoms with E-state index in [-0.39, 0.29) is 5.91 Å². The van der Waals surface area contributed by atoms with Crippen LogP contribution in [0.1, 0.15) is 44.1 Å². The Kier molecular flexibility index (Phi) is 4.94. The maximum absolute atomic E-state index is 11.9. The summed E-state index contributed by atoms with van der Waals surface area (Å²) in [4.78, 5) is 19.2. The smallest absolute Gasteiger partial charge is 0.224 e. The predicted octanol–water partition coefficient (Wildman–Crippen LogP) is 4.35. The Morgan fingerprint density at radius 2 is 2.00 bits per heavy atom. The topological polar surface area (TPSA) is 50.2 Å². The van der Waals surface area contributed by atoms with Gasteiger partial charge < -0.3 is 9.88 Å². The number of fused-ring (bicyclic) bond motifs is 3. The maximum atomic E-state index is 11.9. The highest BCUT2D eigenvalue weighted by molar-refractivity contribution is 5.93. The van der Waals surface area contributed by atoms with E-state index in [1.165, 1.54) is 5.56 Å². The number of hydrogen-bond donors (Lipinski definition) is 1. The number of carbonyl (C=O) groups is 1. The highest BCUT2D eigenvalue weighted by Gasteiger charge is 2.24. The van der Waals surface area contributed by atoms with Crippen LogP contribution in [0.2, 0.25) is 0 Å². The number of hydrogen-bond acceptors (Lipinski definition) is 3. The van der Waals surface area contributed by atoms with Gasteiger partial charge in [0.15, 0.2) is 0 Å². The van der Waals surface area contributed by atoms with Gasteiger partial charge in [0.1, 0.15) is 5.82 Å². The third-order valence-corrected chi connectivity index (χ3v) is 5.37. The van der Waals surface area contributed by atoms with E-state index in [9.17, 15) is 4.79 Å². The third-order valence-electron chi connectivity index (χ3n) is 5.37. The lowest BCUT2D eigenvalue weighted by Gasteiger charge is -2.33. The molecule has 0 saturated carbocycles. The minimum Gasteiger partial charge on any atom is -0.326 e. The summed E-state index contributed by atoms with van der Waals surface area (Å²) in [5.41, 5.74) is 4.26. The van der Waals surface area contributed by atoms with Crippen LogP contribution in [0.3, 0.4) is 0 Å². The number of nitrogens with one attached hydrogen (secondary N) is 1. The third kappa shape index (κ3) is 3.60. The van der Waals surface area contributed by atoms with Crippen molar-refractivity contribution in [2.45, 2.75) is 45.8 Å². The molecule has 3 aromatic rings. The number of imidazole rings is 1. The van der Waals surface area contributed by atoms with Crippen molar-refractivity contribution >= 4 is 22.6 Å². The molecule has 0 radical (unpaired) electrons. The molecule has 1 aromatic heterocycles. The fourth-order valence-corrected chi connectivity index (χ4v) is 3.84. The van der Waals surface area contributed by atoms with Gasteiger partial charge in [0.25, 0.3) is 0 Å². The van der Waals surface area contributed by atoms with E-state index in [4.69, 9.17) is 4.98 Å². The quantitative estimate of drug-likeness (QED) is 0.734. The zero-order chi connectivity index (χ0) is 18.8. The van der Waals surface area contributed by atoms with Gasteiger partial charge in [0, 0.05) is 31.2 Å². The molecule has 4 rings (SSSR count). The minimum atomic E-state index is 0.0590. The summed E-state index contributed by atoms with van der Waals surface area (Å²) in [5.74, 6) is 1.15. The SMILES string of the molecule is CCCC(=O)Nc1ccc2c(c1)nc1n2CCN(C(C)c2ccccc2)C1. The first-order valence-corrected chi connectivity index (χ1v) is 9.73. The van der Waals surface area contributed by atoms with E-state index in [0.717, 1.165) is 48.6 Å². The highest BCUT2D eigenvalue weighted by Crippen LogP contribution is 2.28. The fourth-order valence-electron chi connectivity index (χ4n) is 3.84. The van der Waals surface area contributed by atoms with Crippen molar-refractivity contribution in [1.29, 1.82) is 0 Å². The Morgan fingerprint density at radius 1 is 1.19 bits per heavy atom. The van der Waals surface area contributed by atoms with Gasteiger partial charge in [-0.15, -0.1) is 0 Å². The Hall–Kier alpha value is -2.66. The van der Waals surface area contributed by atoms with Crippen LogP contribution in [0.25, 0.3) is 11.0 Å². The molecule has 1 N–H and O–H groups in total. The molecular weight excluding hydrogens is 336 g/mol. The van der Waals surface area contributed by atoms with Gasteiger partial charge in [-0.05, 0) is 37.1 Å². The van der Waals surface area contributed by atoms with Gasteiger partial charge in [-0.2, -0.15) is 0 Å². The first kappa shape index (κ1) is 17.7. The summed E-state index contributed by atoms with van der Waals surface area (Å²) in [6, 6.07) is 17.0. The number of benzene rings is 2. The van der Waals surface area contributed by atoms with Crippen LogP contribution in [-0.2, 0) is 17.9 Å². The molecule has 5 nitrogen and oxygen atoms in total. The lowest BCUT2D eigenvalue weighted by atomic mass is 10.1. The number of anilines is 1. The standard InChI is InChI=1S/C22H26N4O/c1-3-7-22(27)23-18-10-11-20-19(14-18)24-21-15-25(12-13-26(20)21)16(2)17-8-5-4-6-9-17/h4-6,8-11,14,16H,3,7,12-13,15H2,1-2H3,(H,23,27). The second-order valence-corrected chi connectivity index (χ2v) is 7.24. The van der Waals surface area contributed by atoms with Gasteiger partial charge in [-0.3, -0.25) is 9.69 Å². The van der Waals surface area contributed by atoms with Crippen molar-refractivity contribution in [3.05, 3.63) is 59.9 Å². The summed E-state index contributed by atoms with van der Waals surface area (Å²) in [5, 5.41) is 2.97. The van der Waals surface area contributed by atoms with E-state index in [0.29, 0.717) is 12.5 Å². The zero-order valence-corrected chi connectivity index (χ0v) is 16.0. The second kappa shape index (κ2) is 7.53. The average Bonchev–Trinajstić information content (AvgIpc) is 3.05. The van der Waals surface area contributed by atoms with Crippen molar-refractivity contribution < 1.29 is 4.79 Å². The van der Waals surface area contributed by atoms with Crippen molar-refractivity contribution in [2.24, 2.45) is 0 Å². The van der Waals surface area contributed by atoms with Gasteiger partial charge in [0.05, 0.1) is 17.6 Å². The molecule has 27 heavy (non-hydrogen) atoms. The molecule has 0 bridgehead atoms. The zero-order valence-electron chi connectivity index (χ0n) is 16.0. The van der Waals surface area contributed by atoms with Gasteiger partial charge >= 0.3 is 0 Å². The van der Waals surface area contributed by atoms with Crippen molar-refractivity contribution in [2.75, 3.05) is 11.9 Å². The van der Waals surface area contributed by atoms with Crippen LogP contribution in [0.4, 0.5) is 5.69 Å². The van der Waals surface area contributed by atoms with E-state index >= 15 is 0 Å². The number of carbonyl (C=O) groups excluding carboxylic acids is 1. The molecule has 1 amide bonds. The normalized spacial score (nSPS) is 15.5. The molecule has 1 atom stereocenters. The monoisotopic (exact) mass is 362 g/mol. The lowest BCUT2D eigenvalue weighted by Crippen LogP contribution is -2.35. The molecule has 2 heterocycles. The summed E-state index contributed by atoms with van der Waals surface area (Å²) in [6.45, 7) is 7.04. The predicted molar refractivity (Wildman–Crippen MR) is 109 cm³/mol. The van der Waals surface area contributed by atoms with Crippen LogP contribution < -0.4 is 5.32 Å². The molecule has 1 aliphatic rings. The average molecular weight is 362 g/mol. The Balaban J connectivity index is 1.56. The fraction of sp³-hybridized carbons (Fsp3) is 0.364. The Labute approximate surface area is 160 Å². The molecule has 1 unspecified atom stereocenters. The Morgan fingerprint density at radius 3 is 2.78 bits per heavy atom. The number of amides is 1. The summed E-state index contributed by atoms with van der Waals surface area (Å²) >= 11 is 0.